The molecule has 1 aliphatic heterocycles. The number of thioether (sulfide) groups is 1. The van der Waals surface area contributed by atoms with Crippen LogP contribution in [0.25, 0.3) is 0 Å². The fraction of sp³-hybridized carbons (Fsp3) is 0.500. The van der Waals surface area contributed by atoms with Crippen molar-refractivity contribution in [3.8, 4) is 0 Å². The van der Waals surface area contributed by atoms with Crippen molar-refractivity contribution in [2.24, 2.45) is 0 Å². The zero-order chi connectivity index (χ0) is 11.7. The van der Waals surface area contributed by atoms with Crippen LogP contribution in [-0.4, -0.2) is 45.8 Å². The highest BCUT2D eigenvalue weighted by Gasteiger charge is 2.21. The van der Waals surface area contributed by atoms with Crippen LogP contribution in [0.4, 0.5) is 0 Å². The molecule has 0 saturated carbocycles. The molecule has 1 aromatic rings. The number of hydrogen-bond acceptors (Lipinski definition) is 5. The summed E-state index contributed by atoms with van der Waals surface area (Å²) in [5, 5.41) is 9.70. The van der Waals surface area contributed by atoms with Crippen molar-refractivity contribution >= 4 is 17.7 Å². The van der Waals surface area contributed by atoms with E-state index in [0.717, 1.165) is 35.8 Å². The summed E-state index contributed by atoms with van der Waals surface area (Å²) in [4.78, 5) is 21.2. The SMILES string of the molecule is CSc1nc(C(=O)O)nc2c1CN(C)CC2. The number of carboxylic acids is 1. The van der Waals surface area contributed by atoms with Crippen LogP contribution in [0.1, 0.15) is 21.9 Å². The van der Waals surface area contributed by atoms with Gasteiger partial charge in [0.05, 0.1) is 5.69 Å². The molecule has 0 aliphatic carbocycles. The normalized spacial score (nSPS) is 15.9. The van der Waals surface area contributed by atoms with Gasteiger partial charge in [0.15, 0.2) is 0 Å². The molecule has 0 radical (unpaired) electrons. The van der Waals surface area contributed by atoms with Gasteiger partial charge in [-0.05, 0) is 13.3 Å². The molecule has 0 fully saturated rings. The lowest BCUT2D eigenvalue weighted by Crippen LogP contribution is -2.29. The molecule has 1 N–H and O–H groups in total. The highest BCUT2D eigenvalue weighted by Crippen LogP contribution is 2.25. The Hall–Kier alpha value is -1.14. The van der Waals surface area contributed by atoms with Crippen LogP contribution in [0.3, 0.4) is 0 Å². The Morgan fingerprint density at radius 1 is 1.50 bits per heavy atom. The molecule has 2 rings (SSSR count). The van der Waals surface area contributed by atoms with E-state index in [4.69, 9.17) is 5.11 Å². The van der Waals surface area contributed by atoms with Gasteiger partial charge in [-0.15, -0.1) is 11.8 Å². The van der Waals surface area contributed by atoms with Crippen molar-refractivity contribution in [2.75, 3.05) is 19.8 Å². The summed E-state index contributed by atoms with van der Waals surface area (Å²) in [7, 11) is 2.04. The Bertz CT molecular complexity index is 419. The fourth-order valence-electron chi connectivity index (χ4n) is 1.78. The molecular weight excluding hydrogens is 226 g/mol. The molecule has 0 aromatic carbocycles. The standard InChI is InChI=1S/C10H13N3O2S/c1-13-4-3-7-6(5-13)9(16-2)12-8(11-7)10(14)15/h3-5H2,1-2H3,(H,14,15). The number of aromatic nitrogens is 2. The molecule has 0 bridgehead atoms. The number of hydrogen-bond donors (Lipinski definition) is 1. The van der Waals surface area contributed by atoms with E-state index < -0.39 is 5.97 Å². The van der Waals surface area contributed by atoms with Crippen molar-refractivity contribution in [2.45, 2.75) is 18.0 Å². The van der Waals surface area contributed by atoms with E-state index >= 15 is 0 Å². The molecule has 1 aliphatic rings. The van der Waals surface area contributed by atoms with Crippen molar-refractivity contribution in [1.82, 2.24) is 14.9 Å². The second kappa shape index (κ2) is 4.39. The maximum Gasteiger partial charge on any atom is 0.373 e. The van der Waals surface area contributed by atoms with Gasteiger partial charge in [0.2, 0.25) is 5.82 Å². The largest absolute Gasteiger partial charge is 0.475 e. The molecule has 2 heterocycles. The lowest BCUT2D eigenvalue weighted by molar-refractivity contribution is 0.0681. The highest BCUT2D eigenvalue weighted by molar-refractivity contribution is 7.98. The first-order chi connectivity index (χ1) is 7.61. The van der Waals surface area contributed by atoms with Crippen molar-refractivity contribution in [3.63, 3.8) is 0 Å². The molecule has 0 saturated heterocycles. The Kier molecular flexibility index (Phi) is 3.11. The lowest BCUT2D eigenvalue weighted by atomic mass is 10.1. The number of carbonyl (C=O) groups is 1. The molecule has 0 unspecified atom stereocenters. The van der Waals surface area contributed by atoms with Gasteiger partial charge in [-0.3, -0.25) is 0 Å². The minimum atomic E-state index is -1.06. The molecule has 16 heavy (non-hydrogen) atoms. The van der Waals surface area contributed by atoms with Crippen LogP contribution in [0.5, 0.6) is 0 Å². The number of carboxylic acid groups (broad SMARTS) is 1. The molecule has 0 amide bonds. The van der Waals surface area contributed by atoms with E-state index in [1.807, 2.05) is 13.3 Å². The van der Waals surface area contributed by atoms with Crippen LogP contribution in [-0.2, 0) is 13.0 Å². The zero-order valence-corrected chi connectivity index (χ0v) is 10.0. The van der Waals surface area contributed by atoms with Gasteiger partial charge in [-0.2, -0.15) is 0 Å². The first-order valence-corrected chi connectivity index (χ1v) is 6.20. The minimum Gasteiger partial charge on any atom is -0.475 e. The Labute approximate surface area is 97.9 Å². The minimum absolute atomic E-state index is 0.0901. The van der Waals surface area contributed by atoms with Gasteiger partial charge in [0.25, 0.3) is 0 Å². The number of rotatable bonds is 2. The second-order valence-electron chi connectivity index (χ2n) is 3.77. The monoisotopic (exact) mass is 239 g/mol. The molecule has 0 spiro atoms. The summed E-state index contributed by atoms with van der Waals surface area (Å²) in [5.74, 6) is -1.15. The topological polar surface area (TPSA) is 66.3 Å². The molecule has 6 heteroatoms. The van der Waals surface area contributed by atoms with Gasteiger partial charge in [0.1, 0.15) is 5.03 Å². The van der Waals surface area contributed by atoms with E-state index in [-0.39, 0.29) is 5.82 Å². The molecular formula is C10H13N3O2S. The Morgan fingerprint density at radius 2 is 2.25 bits per heavy atom. The first-order valence-electron chi connectivity index (χ1n) is 4.97. The average molecular weight is 239 g/mol. The molecule has 0 atom stereocenters. The maximum absolute atomic E-state index is 10.9. The predicted molar refractivity (Wildman–Crippen MR) is 60.8 cm³/mol. The maximum atomic E-state index is 10.9. The van der Waals surface area contributed by atoms with Crippen molar-refractivity contribution in [3.05, 3.63) is 17.1 Å². The third-order valence-electron chi connectivity index (χ3n) is 2.60. The average Bonchev–Trinajstić information content (AvgIpc) is 2.27. The van der Waals surface area contributed by atoms with E-state index in [1.165, 1.54) is 11.8 Å². The molecule has 86 valence electrons. The summed E-state index contributed by atoms with van der Waals surface area (Å²) < 4.78 is 0. The van der Waals surface area contributed by atoms with E-state index in [0.29, 0.717) is 0 Å². The van der Waals surface area contributed by atoms with E-state index in [9.17, 15) is 4.79 Å². The van der Waals surface area contributed by atoms with Crippen LogP contribution < -0.4 is 0 Å². The zero-order valence-electron chi connectivity index (χ0n) is 9.23. The van der Waals surface area contributed by atoms with E-state index in [2.05, 4.69) is 14.9 Å². The van der Waals surface area contributed by atoms with Gasteiger partial charge >= 0.3 is 5.97 Å². The predicted octanol–water partition coefficient (Wildman–Crippen LogP) is 0.885. The van der Waals surface area contributed by atoms with Crippen LogP contribution in [0.2, 0.25) is 0 Å². The summed E-state index contributed by atoms with van der Waals surface area (Å²) in [6.07, 6.45) is 2.70. The fourth-order valence-corrected chi connectivity index (χ4v) is 2.39. The Morgan fingerprint density at radius 3 is 2.88 bits per heavy atom. The summed E-state index contributed by atoms with van der Waals surface area (Å²) in [5.41, 5.74) is 1.96. The van der Waals surface area contributed by atoms with Gasteiger partial charge in [-0.1, -0.05) is 0 Å². The summed E-state index contributed by atoms with van der Waals surface area (Å²) in [6.45, 7) is 1.71. The Balaban J connectivity index is 2.50. The molecule has 5 nitrogen and oxygen atoms in total. The van der Waals surface area contributed by atoms with Gasteiger partial charge in [-0.25, -0.2) is 14.8 Å². The second-order valence-corrected chi connectivity index (χ2v) is 4.57. The van der Waals surface area contributed by atoms with Crippen LogP contribution in [0.15, 0.2) is 5.03 Å². The quantitative estimate of drug-likeness (QED) is 0.610. The van der Waals surface area contributed by atoms with Crippen molar-refractivity contribution < 1.29 is 9.90 Å². The third-order valence-corrected chi connectivity index (χ3v) is 3.32. The number of aromatic carboxylic acids is 1. The van der Waals surface area contributed by atoms with Crippen LogP contribution in [0, 0.1) is 0 Å². The van der Waals surface area contributed by atoms with Crippen molar-refractivity contribution in [1.29, 1.82) is 0 Å². The number of nitrogens with zero attached hydrogens (tertiary/aromatic N) is 3. The number of likely N-dealkylation sites (N-methyl/N-ethyl adjacent to an activating group) is 1. The van der Waals surface area contributed by atoms with Crippen LogP contribution >= 0.6 is 11.8 Å². The van der Waals surface area contributed by atoms with Gasteiger partial charge in [0, 0.05) is 25.1 Å². The lowest BCUT2D eigenvalue weighted by Gasteiger charge is -2.25. The van der Waals surface area contributed by atoms with E-state index in [1.54, 1.807) is 0 Å². The summed E-state index contributed by atoms with van der Waals surface area (Å²) in [6, 6.07) is 0. The third kappa shape index (κ3) is 2.03. The van der Waals surface area contributed by atoms with Gasteiger partial charge < -0.3 is 10.0 Å². The number of fused-ring (bicyclic) bond motifs is 1. The smallest absolute Gasteiger partial charge is 0.373 e. The first kappa shape index (κ1) is 11.3. The highest BCUT2D eigenvalue weighted by atomic mass is 32.2. The summed E-state index contributed by atoms with van der Waals surface area (Å²) >= 11 is 1.48. The molecule has 1 aromatic heterocycles.